The van der Waals surface area contributed by atoms with Crippen LogP contribution in [-0.2, 0) is 0 Å². The van der Waals surface area contributed by atoms with Crippen LogP contribution < -0.4 is 5.76 Å². The summed E-state index contributed by atoms with van der Waals surface area (Å²) >= 11 is 0. The standard InChI is InChI=1S/C30H25F2N5O2/c1-30(2,32)26(23-10-19(15-34)11-25(31)13-23)24-16-37(17-24)27(20-8-6-18(14-33)7-9-20)21-4-3-5-22(12-21)28-35-36-29(38)39-28/h3-13,24,26-27H,16-17H2,1-2H3,(H,36,38)/t26?,27-/m0/s1. The van der Waals surface area contributed by atoms with Gasteiger partial charge in [-0.05, 0) is 78.9 Å². The van der Waals surface area contributed by atoms with Gasteiger partial charge in [0, 0.05) is 24.6 Å². The molecule has 196 valence electrons. The third kappa shape index (κ3) is 5.36. The van der Waals surface area contributed by atoms with Gasteiger partial charge >= 0.3 is 5.76 Å². The first-order valence-electron chi connectivity index (χ1n) is 12.5. The predicted molar refractivity (Wildman–Crippen MR) is 140 cm³/mol. The minimum atomic E-state index is -1.65. The third-order valence-electron chi connectivity index (χ3n) is 7.17. The third-order valence-corrected chi connectivity index (χ3v) is 7.17. The van der Waals surface area contributed by atoms with Crippen molar-refractivity contribution in [1.29, 1.82) is 10.5 Å². The van der Waals surface area contributed by atoms with E-state index in [1.165, 1.54) is 19.9 Å². The van der Waals surface area contributed by atoms with Crippen LogP contribution in [0.3, 0.4) is 0 Å². The number of H-pyrrole nitrogens is 1. The summed E-state index contributed by atoms with van der Waals surface area (Å²) in [5, 5.41) is 24.8. The first-order chi connectivity index (χ1) is 18.7. The molecule has 1 fully saturated rings. The lowest BCUT2D eigenvalue weighted by Gasteiger charge is -2.50. The van der Waals surface area contributed by atoms with Crippen molar-refractivity contribution in [3.8, 4) is 23.6 Å². The van der Waals surface area contributed by atoms with Crippen LogP contribution in [0.2, 0.25) is 0 Å². The van der Waals surface area contributed by atoms with Crippen LogP contribution in [0, 0.1) is 34.4 Å². The van der Waals surface area contributed by atoms with E-state index in [4.69, 9.17) is 4.42 Å². The minimum Gasteiger partial charge on any atom is -0.388 e. The van der Waals surface area contributed by atoms with E-state index in [0.29, 0.717) is 29.8 Å². The second kappa shape index (κ2) is 10.3. The second-order valence-corrected chi connectivity index (χ2v) is 10.3. The number of aromatic amines is 1. The van der Waals surface area contributed by atoms with Crippen LogP contribution >= 0.6 is 0 Å². The van der Waals surface area contributed by atoms with Crippen LogP contribution in [0.1, 0.15) is 53.6 Å². The molecule has 0 spiro atoms. The Morgan fingerprint density at radius 3 is 2.33 bits per heavy atom. The quantitative estimate of drug-likeness (QED) is 0.343. The summed E-state index contributed by atoms with van der Waals surface area (Å²) in [7, 11) is 0. The van der Waals surface area contributed by atoms with E-state index in [2.05, 4.69) is 21.2 Å². The van der Waals surface area contributed by atoms with Crippen molar-refractivity contribution in [2.24, 2.45) is 5.92 Å². The van der Waals surface area contributed by atoms with Crippen molar-refractivity contribution in [2.45, 2.75) is 31.5 Å². The van der Waals surface area contributed by atoms with Gasteiger partial charge < -0.3 is 4.42 Å². The zero-order valence-electron chi connectivity index (χ0n) is 21.4. The molecule has 0 bridgehead atoms. The molecule has 1 aromatic heterocycles. The lowest BCUT2D eigenvalue weighted by molar-refractivity contribution is 0.00813. The molecule has 2 atom stereocenters. The number of nitriles is 2. The molecular weight excluding hydrogens is 500 g/mol. The van der Waals surface area contributed by atoms with Gasteiger partial charge in [-0.15, -0.1) is 5.10 Å². The van der Waals surface area contributed by atoms with E-state index in [0.717, 1.165) is 17.2 Å². The molecule has 1 unspecified atom stereocenters. The molecule has 0 radical (unpaired) electrons. The molecule has 2 heterocycles. The van der Waals surface area contributed by atoms with Gasteiger partial charge in [0.25, 0.3) is 0 Å². The molecule has 3 aromatic carbocycles. The van der Waals surface area contributed by atoms with Gasteiger partial charge in [-0.2, -0.15) is 10.5 Å². The maximum atomic E-state index is 15.6. The summed E-state index contributed by atoms with van der Waals surface area (Å²) in [6.07, 6.45) is 0. The predicted octanol–water partition coefficient (Wildman–Crippen LogP) is 5.47. The van der Waals surface area contributed by atoms with E-state index in [-0.39, 0.29) is 23.4 Å². The van der Waals surface area contributed by atoms with Crippen molar-refractivity contribution in [3.63, 3.8) is 0 Å². The maximum absolute atomic E-state index is 15.6. The van der Waals surface area contributed by atoms with Gasteiger partial charge in [0.1, 0.15) is 11.5 Å². The number of likely N-dealkylation sites (tertiary alicyclic amines) is 1. The fourth-order valence-corrected chi connectivity index (χ4v) is 5.61. The van der Waals surface area contributed by atoms with Crippen LogP contribution in [0.4, 0.5) is 8.78 Å². The van der Waals surface area contributed by atoms with E-state index >= 15 is 4.39 Å². The molecule has 1 saturated heterocycles. The van der Waals surface area contributed by atoms with Gasteiger partial charge in [0.05, 0.1) is 29.3 Å². The van der Waals surface area contributed by atoms with Gasteiger partial charge in [0.15, 0.2) is 0 Å². The Hall–Kier alpha value is -4.60. The SMILES string of the molecule is CC(C)(F)C(c1cc(F)cc(C#N)c1)C1CN([C@@H](c2ccc(C#N)cc2)c2cccc(-c3n[nH]c(=O)o3)c2)C1. The minimum absolute atomic E-state index is 0.133. The topological polar surface area (TPSA) is 110 Å². The fourth-order valence-electron chi connectivity index (χ4n) is 5.61. The van der Waals surface area contributed by atoms with Crippen molar-refractivity contribution >= 4 is 0 Å². The van der Waals surface area contributed by atoms with E-state index in [1.807, 2.05) is 36.4 Å². The monoisotopic (exact) mass is 525 g/mol. The average molecular weight is 526 g/mol. The number of halogens is 2. The molecule has 7 nitrogen and oxygen atoms in total. The Morgan fingerprint density at radius 1 is 1.00 bits per heavy atom. The van der Waals surface area contributed by atoms with Crippen LogP contribution in [0.25, 0.3) is 11.5 Å². The average Bonchev–Trinajstić information content (AvgIpc) is 3.33. The molecule has 0 amide bonds. The number of benzene rings is 3. The van der Waals surface area contributed by atoms with Crippen molar-refractivity contribution in [1.82, 2.24) is 15.1 Å². The Labute approximate surface area is 223 Å². The molecular formula is C30H25F2N5O2. The first-order valence-corrected chi connectivity index (χ1v) is 12.5. The lowest BCUT2D eigenvalue weighted by atomic mass is 9.72. The van der Waals surface area contributed by atoms with Crippen molar-refractivity contribution in [2.75, 3.05) is 13.1 Å². The van der Waals surface area contributed by atoms with Crippen molar-refractivity contribution < 1.29 is 13.2 Å². The van der Waals surface area contributed by atoms with Crippen LogP contribution in [0.5, 0.6) is 0 Å². The summed E-state index contributed by atoms with van der Waals surface area (Å²) < 4.78 is 35.0. The van der Waals surface area contributed by atoms with Gasteiger partial charge in [0.2, 0.25) is 5.89 Å². The number of alkyl halides is 1. The largest absolute Gasteiger partial charge is 0.434 e. The molecule has 4 aromatic rings. The summed E-state index contributed by atoms with van der Waals surface area (Å²) in [5.41, 5.74) is 1.95. The summed E-state index contributed by atoms with van der Waals surface area (Å²) in [4.78, 5) is 13.7. The zero-order valence-corrected chi connectivity index (χ0v) is 21.4. The molecule has 5 rings (SSSR count). The fraction of sp³-hybridized carbons (Fsp3) is 0.267. The summed E-state index contributed by atoms with van der Waals surface area (Å²) in [6.45, 7) is 4.00. The highest BCUT2D eigenvalue weighted by Crippen LogP contribution is 2.45. The molecule has 1 N–H and O–H groups in total. The van der Waals surface area contributed by atoms with E-state index in [9.17, 15) is 19.7 Å². The summed E-state index contributed by atoms with van der Waals surface area (Å²) in [5.74, 6) is -1.80. The Bertz CT molecular complexity index is 1630. The molecule has 0 aliphatic carbocycles. The van der Waals surface area contributed by atoms with E-state index in [1.54, 1.807) is 24.3 Å². The maximum Gasteiger partial charge on any atom is 0.434 e. The zero-order chi connectivity index (χ0) is 27.7. The molecule has 9 heteroatoms. The number of hydrogen-bond donors (Lipinski definition) is 1. The Morgan fingerprint density at radius 2 is 1.72 bits per heavy atom. The number of nitrogens with zero attached hydrogens (tertiary/aromatic N) is 4. The molecule has 39 heavy (non-hydrogen) atoms. The summed E-state index contributed by atoms with van der Waals surface area (Å²) in [6, 6.07) is 22.6. The number of rotatable bonds is 7. The highest BCUT2D eigenvalue weighted by molar-refractivity contribution is 5.55. The van der Waals surface area contributed by atoms with Gasteiger partial charge in [-0.3, -0.25) is 4.90 Å². The molecule has 1 aliphatic rings. The molecule has 0 saturated carbocycles. The van der Waals surface area contributed by atoms with Gasteiger partial charge in [-0.25, -0.2) is 18.7 Å². The van der Waals surface area contributed by atoms with Crippen LogP contribution in [-0.4, -0.2) is 33.9 Å². The number of nitrogens with one attached hydrogen (secondary N) is 1. The highest BCUT2D eigenvalue weighted by Gasteiger charge is 2.45. The normalized spacial score (nSPS) is 15.6. The Kier molecular flexibility index (Phi) is 6.86. The van der Waals surface area contributed by atoms with E-state index < -0.39 is 23.2 Å². The smallest absolute Gasteiger partial charge is 0.388 e. The lowest BCUT2D eigenvalue weighted by Crippen LogP contribution is -2.53. The number of hydrogen-bond acceptors (Lipinski definition) is 6. The van der Waals surface area contributed by atoms with Crippen LogP contribution in [0.15, 0.2) is 75.9 Å². The number of aromatic nitrogens is 2. The highest BCUT2D eigenvalue weighted by atomic mass is 19.1. The van der Waals surface area contributed by atoms with Gasteiger partial charge in [-0.1, -0.05) is 24.3 Å². The molecule has 1 aliphatic heterocycles. The first kappa shape index (κ1) is 26.0. The Balaban J connectivity index is 1.49. The van der Waals surface area contributed by atoms with Crippen molar-refractivity contribution in [3.05, 3.63) is 111 Å². The second-order valence-electron chi connectivity index (χ2n) is 10.3.